The van der Waals surface area contributed by atoms with E-state index < -0.39 is 0 Å². The van der Waals surface area contributed by atoms with Gasteiger partial charge in [-0.2, -0.15) is 0 Å². The lowest BCUT2D eigenvalue weighted by molar-refractivity contribution is 1.07. The molecule has 11 aromatic rings. The van der Waals surface area contributed by atoms with Gasteiger partial charge in [0.05, 0.1) is 16.7 Å². The summed E-state index contributed by atoms with van der Waals surface area (Å²) in [6.07, 6.45) is 0. The van der Waals surface area contributed by atoms with Crippen molar-refractivity contribution in [2.45, 2.75) is 0 Å². The largest absolute Gasteiger partial charge is 0.308 e. The molecule has 9 aromatic carbocycles. The Labute approximate surface area is 330 Å². The van der Waals surface area contributed by atoms with Gasteiger partial charge in [0.15, 0.2) is 17.5 Å². The number of fused-ring (bicyclic) bond motifs is 6. The van der Waals surface area contributed by atoms with E-state index in [9.17, 15) is 0 Å². The van der Waals surface area contributed by atoms with Gasteiger partial charge in [0.25, 0.3) is 0 Å². The molecule has 2 heterocycles. The molecule has 0 spiro atoms. The van der Waals surface area contributed by atoms with E-state index in [-0.39, 0.29) is 0 Å². The highest BCUT2D eigenvalue weighted by Gasteiger charge is 2.22. The maximum atomic E-state index is 5.35. The van der Waals surface area contributed by atoms with Crippen LogP contribution in [0.25, 0.3) is 105 Å². The number of nitrogens with zero attached hydrogens (tertiary/aromatic N) is 4. The van der Waals surface area contributed by atoms with E-state index in [1.165, 1.54) is 26.9 Å². The summed E-state index contributed by atoms with van der Waals surface area (Å²) in [5.74, 6) is 1.86. The van der Waals surface area contributed by atoms with Crippen LogP contribution in [0.15, 0.2) is 206 Å². The molecule has 0 atom stereocenters. The Morgan fingerprint density at radius 1 is 0.298 bits per heavy atom. The van der Waals surface area contributed by atoms with Crippen LogP contribution >= 0.6 is 0 Å². The molecule has 266 valence electrons. The van der Waals surface area contributed by atoms with E-state index in [0.717, 1.165) is 61.1 Å². The van der Waals surface area contributed by atoms with Crippen molar-refractivity contribution in [2.75, 3.05) is 0 Å². The highest BCUT2D eigenvalue weighted by molar-refractivity contribution is 6.14. The van der Waals surface area contributed by atoms with E-state index in [2.05, 4.69) is 193 Å². The predicted molar refractivity (Wildman–Crippen MR) is 236 cm³/mol. The van der Waals surface area contributed by atoms with Crippen LogP contribution in [-0.4, -0.2) is 19.5 Å². The van der Waals surface area contributed by atoms with E-state index in [0.29, 0.717) is 17.5 Å². The average Bonchev–Trinajstić information content (AvgIpc) is 3.64. The number of rotatable bonds is 6. The number of hydrogen-bond donors (Lipinski definition) is 0. The van der Waals surface area contributed by atoms with Crippen molar-refractivity contribution in [1.82, 2.24) is 19.5 Å². The van der Waals surface area contributed by atoms with Crippen LogP contribution in [-0.2, 0) is 0 Å². The Balaban J connectivity index is 1.21. The average molecular weight is 727 g/mol. The molecule has 57 heavy (non-hydrogen) atoms. The van der Waals surface area contributed by atoms with Gasteiger partial charge in [0, 0.05) is 33.0 Å². The Kier molecular flexibility index (Phi) is 7.78. The number of benzene rings is 9. The van der Waals surface area contributed by atoms with Crippen molar-refractivity contribution < 1.29 is 0 Å². The van der Waals surface area contributed by atoms with Crippen LogP contribution in [0.1, 0.15) is 0 Å². The zero-order chi connectivity index (χ0) is 37.7. The first-order valence-corrected chi connectivity index (χ1v) is 19.3. The number of aromatic nitrogens is 4. The van der Waals surface area contributed by atoms with Gasteiger partial charge >= 0.3 is 0 Å². The van der Waals surface area contributed by atoms with Crippen LogP contribution in [0.2, 0.25) is 0 Å². The van der Waals surface area contributed by atoms with Gasteiger partial charge < -0.3 is 4.57 Å². The molecule has 0 unspecified atom stereocenters. The molecule has 0 bridgehead atoms. The van der Waals surface area contributed by atoms with Crippen molar-refractivity contribution in [2.24, 2.45) is 0 Å². The Bertz CT molecular complexity index is 3280. The third-order valence-corrected chi connectivity index (χ3v) is 11.0. The molecule has 0 saturated heterocycles. The minimum atomic E-state index is 0.607. The minimum absolute atomic E-state index is 0.607. The van der Waals surface area contributed by atoms with Gasteiger partial charge in [0.1, 0.15) is 0 Å². The van der Waals surface area contributed by atoms with Gasteiger partial charge in [0.2, 0.25) is 0 Å². The van der Waals surface area contributed by atoms with Crippen LogP contribution in [0, 0.1) is 0 Å². The Morgan fingerprint density at radius 3 is 1.67 bits per heavy atom. The lowest BCUT2D eigenvalue weighted by Gasteiger charge is -2.18. The highest BCUT2D eigenvalue weighted by atomic mass is 15.1. The number of para-hydroxylation sites is 2. The van der Waals surface area contributed by atoms with Crippen LogP contribution in [0.3, 0.4) is 0 Å². The first-order chi connectivity index (χ1) is 28.3. The quantitative estimate of drug-likeness (QED) is 0.160. The van der Waals surface area contributed by atoms with Crippen molar-refractivity contribution in [3.8, 4) is 62.1 Å². The van der Waals surface area contributed by atoms with Crippen molar-refractivity contribution in [3.05, 3.63) is 206 Å². The Hall–Kier alpha value is -7.69. The van der Waals surface area contributed by atoms with Crippen molar-refractivity contribution in [1.29, 1.82) is 0 Å². The second-order valence-corrected chi connectivity index (χ2v) is 14.4. The molecule has 11 rings (SSSR count). The molecular weight excluding hydrogens is 693 g/mol. The summed E-state index contributed by atoms with van der Waals surface area (Å²) < 4.78 is 2.42. The molecule has 0 radical (unpaired) electrons. The first-order valence-electron chi connectivity index (χ1n) is 19.3. The summed E-state index contributed by atoms with van der Waals surface area (Å²) in [5, 5.41) is 7.17. The zero-order valence-corrected chi connectivity index (χ0v) is 30.9. The summed E-state index contributed by atoms with van der Waals surface area (Å²) in [5.41, 5.74) is 10.6. The molecule has 0 aliphatic rings. The third-order valence-electron chi connectivity index (χ3n) is 11.0. The lowest BCUT2D eigenvalue weighted by atomic mass is 9.99. The van der Waals surface area contributed by atoms with Crippen molar-refractivity contribution in [3.63, 3.8) is 0 Å². The molecule has 0 fully saturated rings. The fraction of sp³-hybridized carbons (Fsp3) is 0. The zero-order valence-electron chi connectivity index (χ0n) is 30.9. The lowest BCUT2D eigenvalue weighted by Crippen LogP contribution is -2.04. The normalized spacial score (nSPS) is 11.5. The Morgan fingerprint density at radius 2 is 0.877 bits per heavy atom. The maximum absolute atomic E-state index is 5.35. The van der Waals surface area contributed by atoms with E-state index in [1.54, 1.807) is 0 Å². The summed E-state index contributed by atoms with van der Waals surface area (Å²) in [4.78, 5) is 15.8. The van der Waals surface area contributed by atoms with E-state index in [4.69, 9.17) is 15.0 Å². The van der Waals surface area contributed by atoms with Crippen LogP contribution in [0.4, 0.5) is 0 Å². The molecular formula is C53H34N4. The van der Waals surface area contributed by atoms with Crippen molar-refractivity contribution >= 4 is 43.4 Å². The summed E-state index contributed by atoms with van der Waals surface area (Å²) in [7, 11) is 0. The minimum Gasteiger partial charge on any atom is -0.308 e. The molecule has 0 aliphatic heterocycles. The third kappa shape index (κ3) is 5.66. The smallest absolute Gasteiger partial charge is 0.166 e. The van der Waals surface area contributed by atoms with Crippen LogP contribution in [0.5, 0.6) is 0 Å². The fourth-order valence-corrected chi connectivity index (χ4v) is 8.33. The van der Waals surface area contributed by atoms with Gasteiger partial charge in [-0.25, -0.2) is 15.0 Å². The molecule has 4 nitrogen and oxygen atoms in total. The molecule has 4 heteroatoms. The summed E-state index contributed by atoms with van der Waals surface area (Å²) >= 11 is 0. The topological polar surface area (TPSA) is 43.6 Å². The second-order valence-electron chi connectivity index (χ2n) is 14.4. The molecule has 2 aromatic heterocycles. The fourth-order valence-electron chi connectivity index (χ4n) is 8.33. The van der Waals surface area contributed by atoms with E-state index >= 15 is 0 Å². The van der Waals surface area contributed by atoms with Gasteiger partial charge in [-0.1, -0.05) is 182 Å². The van der Waals surface area contributed by atoms with Gasteiger partial charge in [-0.05, 0) is 62.5 Å². The molecule has 0 aliphatic carbocycles. The highest BCUT2D eigenvalue weighted by Crippen LogP contribution is 2.42. The predicted octanol–water partition coefficient (Wildman–Crippen LogP) is 13.6. The molecule has 0 amide bonds. The van der Waals surface area contributed by atoms with Gasteiger partial charge in [-0.3, -0.25) is 0 Å². The van der Waals surface area contributed by atoms with Gasteiger partial charge in [-0.15, -0.1) is 0 Å². The number of hydrogen-bond acceptors (Lipinski definition) is 3. The second kappa shape index (κ2) is 13.6. The summed E-state index contributed by atoms with van der Waals surface area (Å²) in [6.45, 7) is 0. The maximum Gasteiger partial charge on any atom is 0.166 e. The monoisotopic (exact) mass is 726 g/mol. The SMILES string of the molecule is c1ccc(-c2ccc(-c3nc(-c4ccccc4)nc(-c4ccc5c(ccc6ccccc65)c4)n3)c(-n3c4ccccc4c4cccc(-c5ccccc5)c43)c2)cc1. The van der Waals surface area contributed by atoms with Crippen LogP contribution < -0.4 is 0 Å². The summed E-state index contributed by atoms with van der Waals surface area (Å²) in [6, 6.07) is 72.9. The standard InChI is InChI=1S/C53H34N4/c1-4-15-35(16-5-1)39-29-32-47(49(34-39)57-48-26-13-12-23-45(48)46-25-14-24-44(50(46)57)36-17-6-2-7-18-36)53-55-51(38-20-8-3-9-21-38)54-52(56-53)41-30-31-43-40(33-41)28-27-37-19-10-11-22-42(37)43/h1-34H. The van der Waals surface area contributed by atoms with E-state index in [1.807, 2.05) is 18.2 Å². The first kappa shape index (κ1) is 32.7. The molecule has 0 N–H and O–H groups in total. The molecule has 0 saturated carbocycles.